The molecule has 120 valence electrons. The van der Waals surface area contributed by atoms with Crippen LogP contribution in [0.1, 0.15) is 11.1 Å². The van der Waals surface area contributed by atoms with E-state index >= 15 is 0 Å². The lowest BCUT2D eigenvalue weighted by atomic mass is 10.0. The number of benzene rings is 3. The first kappa shape index (κ1) is 15.7. The average molecular weight is 318 g/mol. The van der Waals surface area contributed by atoms with E-state index in [9.17, 15) is 10.1 Å². The highest BCUT2D eigenvalue weighted by Gasteiger charge is 2.04. The van der Waals surface area contributed by atoms with Crippen molar-refractivity contribution in [3.05, 3.63) is 100 Å². The number of non-ortho nitro benzene ring substituents is 1. The van der Waals surface area contributed by atoms with Gasteiger partial charge in [-0.05, 0) is 48.2 Å². The Morgan fingerprint density at radius 1 is 0.750 bits per heavy atom. The lowest BCUT2D eigenvalue weighted by Gasteiger charge is -2.09. The van der Waals surface area contributed by atoms with E-state index in [0.29, 0.717) is 0 Å². The van der Waals surface area contributed by atoms with Crippen molar-refractivity contribution in [1.29, 1.82) is 0 Å². The van der Waals surface area contributed by atoms with E-state index in [0.717, 1.165) is 24.2 Å². The normalized spacial score (nSPS) is 10.3. The van der Waals surface area contributed by atoms with Gasteiger partial charge in [0.05, 0.1) is 4.92 Å². The van der Waals surface area contributed by atoms with Gasteiger partial charge in [-0.1, -0.05) is 42.5 Å². The summed E-state index contributed by atoms with van der Waals surface area (Å²) in [6.45, 7) is 0. The molecule has 0 unspecified atom stereocenters. The van der Waals surface area contributed by atoms with Crippen LogP contribution >= 0.6 is 0 Å². The zero-order chi connectivity index (χ0) is 16.8. The summed E-state index contributed by atoms with van der Waals surface area (Å²) in [6.07, 6.45) is 1.97. The number of aryl methyl sites for hydroxylation is 2. The molecule has 0 atom stereocenters. The highest BCUT2D eigenvalue weighted by atomic mass is 16.6. The summed E-state index contributed by atoms with van der Waals surface area (Å²) in [6, 6.07) is 25.1. The molecule has 0 aliphatic rings. The first-order valence-corrected chi connectivity index (χ1v) is 7.85. The Kier molecular flexibility index (Phi) is 4.87. The molecule has 0 aromatic heterocycles. The highest BCUT2D eigenvalue weighted by molar-refractivity contribution is 5.61. The monoisotopic (exact) mass is 318 g/mol. The minimum atomic E-state index is -0.395. The Bertz CT molecular complexity index is 815. The maximum Gasteiger partial charge on any atom is 0.269 e. The van der Waals surface area contributed by atoms with Crippen molar-refractivity contribution in [3.63, 3.8) is 0 Å². The molecule has 0 heterocycles. The maximum atomic E-state index is 10.7. The summed E-state index contributed by atoms with van der Waals surface area (Å²) in [5.74, 6) is 0. The number of nitro benzene ring substituents is 1. The molecule has 0 bridgehead atoms. The molecule has 0 saturated heterocycles. The SMILES string of the molecule is O=[N+]([O-])c1ccc(Nc2cccc(CCc3ccccc3)c2)cc1. The summed E-state index contributed by atoms with van der Waals surface area (Å²) in [4.78, 5) is 10.3. The van der Waals surface area contributed by atoms with E-state index < -0.39 is 4.92 Å². The van der Waals surface area contributed by atoms with Crippen molar-refractivity contribution in [1.82, 2.24) is 0 Å². The Morgan fingerprint density at radius 2 is 1.42 bits per heavy atom. The Balaban J connectivity index is 1.65. The predicted molar refractivity (Wildman–Crippen MR) is 96.7 cm³/mol. The van der Waals surface area contributed by atoms with E-state index in [1.807, 2.05) is 18.2 Å². The molecule has 0 aliphatic carbocycles. The molecule has 0 saturated carbocycles. The van der Waals surface area contributed by atoms with Crippen LogP contribution in [0.2, 0.25) is 0 Å². The topological polar surface area (TPSA) is 55.2 Å². The van der Waals surface area contributed by atoms with Crippen molar-refractivity contribution in [2.45, 2.75) is 12.8 Å². The third-order valence-electron chi connectivity index (χ3n) is 3.84. The summed E-state index contributed by atoms with van der Waals surface area (Å²) in [5, 5.41) is 14.0. The van der Waals surface area contributed by atoms with Gasteiger partial charge >= 0.3 is 0 Å². The minimum absolute atomic E-state index is 0.0946. The summed E-state index contributed by atoms with van der Waals surface area (Å²) in [5.41, 5.74) is 4.49. The fourth-order valence-electron chi connectivity index (χ4n) is 2.57. The van der Waals surface area contributed by atoms with Crippen LogP contribution in [0.3, 0.4) is 0 Å². The molecule has 0 amide bonds. The number of nitro groups is 1. The first-order chi connectivity index (χ1) is 11.7. The lowest BCUT2D eigenvalue weighted by Crippen LogP contribution is -1.95. The molecule has 3 aromatic rings. The molecular weight excluding hydrogens is 300 g/mol. The second-order valence-corrected chi connectivity index (χ2v) is 5.61. The molecule has 3 rings (SSSR count). The summed E-state index contributed by atoms with van der Waals surface area (Å²) < 4.78 is 0. The van der Waals surface area contributed by atoms with E-state index in [1.165, 1.54) is 23.3 Å². The van der Waals surface area contributed by atoms with Gasteiger partial charge in [0, 0.05) is 23.5 Å². The average Bonchev–Trinajstić information content (AvgIpc) is 2.62. The number of hydrogen-bond acceptors (Lipinski definition) is 3. The van der Waals surface area contributed by atoms with Gasteiger partial charge in [-0.25, -0.2) is 0 Å². The van der Waals surface area contributed by atoms with Crippen molar-refractivity contribution in [2.24, 2.45) is 0 Å². The maximum absolute atomic E-state index is 10.7. The van der Waals surface area contributed by atoms with Crippen LogP contribution in [0.25, 0.3) is 0 Å². The Morgan fingerprint density at radius 3 is 2.12 bits per heavy atom. The molecule has 24 heavy (non-hydrogen) atoms. The lowest BCUT2D eigenvalue weighted by molar-refractivity contribution is -0.384. The fraction of sp³-hybridized carbons (Fsp3) is 0.100. The molecule has 0 aliphatic heterocycles. The standard InChI is InChI=1S/C20H18N2O2/c23-22(24)20-13-11-18(12-14-20)21-19-8-4-7-17(15-19)10-9-16-5-2-1-3-6-16/h1-8,11-15,21H,9-10H2. The Labute approximate surface area is 140 Å². The third kappa shape index (κ3) is 4.20. The van der Waals surface area contributed by atoms with Crippen molar-refractivity contribution in [3.8, 4) is 0 Å². The van der Waals surface area contributed by atoms with E-state index in [-0.39, 0.29) is 5.69 Å². The third-order valence-corrected chi connectivity index (χ3v) is 3.84. The van der Waals surface area contributed by atoms with Crippen LogP contribution in [-0.4, -0.2) is 4.92 Å². The summed E-state index contributed by atoms with van der Waals surface area (Å²) in [7, 11) is 0. The molecule has 0 fully saturated rings. The molecule has 0 spiro atoms. The molecule has 1 N–H and O–H groups in total. The van der Waals surface area contributed by atoms with Crippen LogP contribution in [-0.2, 0) is 12.8 Å². The van der Waals surface area contributed by atoms with E-state index in [1.54, 1.807) is 12.1 Å². The molecule has 4 heteroatoms. The largest absolute Gasteiger partial charge is 0.356 e. The second-order valence-electron chi connectivity index (χ2n) is 5.61. The van der Waals surface area contributed by atoms with Crippen molar-refractivity contribution >= 4 is 17.1 Å². The van der Waals surface area contributed by atoms with Gasteiger partial charge in [0.2, 0.25) is 0 Å². The number of nitrogens with zero attached hydrogens (tertiary/aromatic N) is 1. The molecule has 3 aromatic carbocycles. The fourth-order valence-corrected chi connectivity index (χ4v) is 2.57. The zero-order valence-electron chi connectivity index (χ0n) is 13.2. The Hall–Kier alpha value is -3.14. The van der Waals surface area contributed by atoms with Gasteiger partial charge in [-0.2, -0.15) is 0 Å². The smallest absolute Gasteiger partial charge is 0.269 e. The van der Waals surface area contributed by atoms with E-state index in [2.05, 4.69) is 41.7 Å². The number of nitrogens with one attached hydrogen (secondary N) is 1. The number of anilines is 2. The first-order valence-electron chi connectivity index (χ1n) is 7.85. The van der Waals surface area contributed by atoms with Crippen molar-refractivity contribution in [2.75, 3.05) is 5.32 Å². The zero-order valence-corrected chi connectivity index (χ0v) is 13.2. The van der Waals surface area contributed by atoms with Crippen molar-refractivity contribution < 1.29 is 4.92 Å². The van der Waals surface area contributed by atoms with E-state index in [4.69, 9.17) is 0 Å². The summed E-state index contributed by atoms with van der Waals surface area (Å²) >= 11 is 0. The number of hydrogen-bond donors (Lipinski definition) is 1. The highest BCUT2D eigenvalue weighted by Crippen LogP contribution is 2.21. The van der Waals surface area contributed by atoms with Gasteiger partial charge in [-0.3, -0.25) is 10.1 Å². The van der Waals surface area contributed by atoms with Gasteiger partial charge in [0.15, 0.2) is 0 Å². The van der Waals surface area contributed by atoms with Crippen LogP contribution in [0.15, 0.2) is 78.9 Å². The number of rotatable bonds is 6. The minimum Gasteiger partial charge on any atom is -0.356 e. The van der Waals surface area contributed by atoms with Gasteiger partial charge in [-0.15, -0.1) is 0 Å². The predicted octanol–water partition coefficient (Wildman–Crippen LogP) is 5.12. The molecular formula is C20H18N2O2. The van der Waals surface area contributed by atoms with Gasteiger partial charge < -0.3 is 5.32 Å². The van der Waals surface area contributed by atoms with Gasteiger partial charge in [0.25, 0.3) is 5.69 Å². The van der Waals surface area contributed by atoms with Crippen LogP contribution in [0.5, 0.6) is 0 Å². The van der Waals surface area contributed by atoms with Crippen LogP contribution in [0.4, 0.5) is 17.1 Å². The molecule has 4 nitrogen and oxygen atoms in total. The van der Waals surface area contributed by atoms with Gasteiger partial charge in [0.1, 0.15) is 0 Å². The van der Waals surface area contributed by atoms with Crippen LogP contribution in [0, 0.1) is 10.1 Å². The quantitative estimate of drug-likeness (QED) is 0.507. The van der Waals surface area contributed by atoms with Crippen LogP contribution < -0.4 is 5.32 Å². The molecule has 0 radical (unpaired) electrons. The second kappa shape index (κ2) is 7.42.